The summed E-state index contributed by atoms with van der Waals surface area (Å²) in [7, 11) is -3.93. The molecule has 1 aliphatic heterocycles. The number of cyclic esters (lactones) is 1. The Kier molecular flexibility index (Phi) is 4.62. The van der Waals surface area contributed by atoms with E-state index in [9.17, 15) is 22.0 Å². The molecule has 0 radical (unpaired) electrons. The second-order valence-corrected chi connectivity index (χ2v) is 8.32. The van der Waals surface area contributed by atoms with E-state index in [4.69, 9.17) is 16.3 Å². The summed E-state index contributed by atoms with van der Waals surface area (Å²) in [5.41, 5.74) is 1.17. The number of carbonyl (C=O) groups is 1. The van der Waals surface area contributed by atoms with Gasteiger partial charge >= 0.3 is 5.97 Å². The minimum absolute atomic E-state index is 0.0669. The molecular formula is C18H13ClF2O4S. The van der Waals surface area contributed by atoms with Crippen LogP contribution in [0, 0.1) is 18.6 Å². The summed E-state index contributed by atoms with van der Waals surface area (Å²) in [6, 6.07) is 6.23. The van der Waals surface area contributed by atoms with Crippen molar-refractivity contribution in [3.8, 4) is 0 Å². The van der Waals surface area contributed by atoms with E-state index in [-0.39, 0.29) is 23.3 Å². The third-order valence-electron chi connectivity index (χ3n) is 4.06. The molecule has 0 aliphatic carbocycles. The van der Waals surface area contributed by atoms with E-state index in [1.54, 1.807) is 19.1 Å². The Hall–Kier alpha value is -2.25. The number of aryl methyl sites for hydroxylation is 1. The van der Waals surface area contributed by atoms with Crippen LogP contribution in [0.25, 0.3) is 11.1 Å². The van der Waals surface area contributed by atoms with Gasteiger partial charge in [0.2, 0.25) is 0 Å². The number of benzene rings is 2. The Balaban J connectivity index is 2.23. The quantitative estimate of drug-likeness (QED) is 0.738. The van der Waals surface area contributed by atoms with Crippen LogP contribution in [0.1, 0.15) is 16.7 Å². The molecule has 0 atom stereocenters. The van der Waals surface area contributed by atoms with Gasteiger partial charge in [-0.2, -0.15) is 0 Å². The minimum atomic E-state index is -3.93. The van der Waals surface area contributed by atoms with Crippen molar-refractivity contribution in [2.45, 2.75) is 11.8 Å². The highest BCUT2D eigenvalue weighted by Crippen LogP contribution is 2.36. The second kappa shape index (κ2) is 6.48. The summed E-state index contributed by atoms with van der Waals surface area (Å²) < 4.78 is 56.8. The summed E-state index contributed by atoms with van der Waals surface area (Å²) in [6.07, 6.45) is 0.783. The van der Waals surface area contributed by atoms with Crippen molar-refractivity contribution in [1.29, 1.82) is 0 Å². The largest absolute Gasteiger partial charge is 0.457 e. The molecule has 0 unspecified atom stereocenters. The molecule has 0 N–H and O–H groups in total. The molecule has 0 bridgehead atoms. The lowest BCUT2D eigenvalue weighted by molar-refractivity contribution is -0.133. The minimum Gasteiger partial charge on any atom is -0.457 e. The van der Waals surface area contributed by atoms with Crippen LogP contribution < -0.4 is 0 Å². The van der Waals surface area contributed by atoms with Crippen LogP contribution in [0.5, 0.6) is 0 Å². The van der Waals surface area contributed by atoms with E-state index in [0.717, 1.165) is 17.9 Å². The molecule has 4 nitrogen and oxygen atoms in total. The van der Waals surface area contributed by atoms with E-state index in [1.807, 2.05) is 0 Å². The first-order valence-corrected chi connectivity index (χ1v) is 9.73. The van der Waals surface area contributed by atoms with Crippen LogP contribution in [0.15, 0.2) is 35.2 Å². The van der Waals surface area contributed by atoms with Crippen molar-refractivity contribution in [2.24, 2.45) is 0 Å². The molecule has 0 aromatic heterocycles. The zero-order valence-corrected chi connectivity index (χ0v) is 15.3. The summed E-state index contributed by atoms with van der Waals surface area (Å²) >= 11 is 6.09. The van der Waals surface area contributed by atoms with Gasteiger partial charge in [0.15, 0.2) is 9.84 Å². The highest BCUT2D eigenvalue weighted by atomic mass is 35.5. The zero-order chi connectivity index (χ0) is 19.2. The number of rotatable bonds is 3. The Bertz CT molecular complexity index is 1070. The normalized spacial score (nSPS) is 14.7. The third kappa shape index (κ3) is 3.24. The molecule has 8 heteroatoms. The smallest absolute Gasteiger partial charge is 0.339 e. The highest BCUT2D eigenvalue weighted by Gasteiger charge is 2.30. The molecule has 0 saturated heterocycles. The first-order chi connectivity index (χ1) is 12.1. The molecule has 26 heavy (non-hydrogen) atoms. The Labute approximate surface area is 154 Å². The van der Waals surface area contributed by atoms with Crippen LogP contribution >= 0.6 is 11.6 Å². The van der Waals surface area contributed by atoms with Crippen molar-refractivity contribution in [2.75, 3.05) is 12.9 Å². The van der Waals surface area contributed by atoms with Crippen molar-refractivity contribution < 1.29 is 26.7 Å². The van der Waals surface area contributed by atoms with Gasteiger partial charge in [-0.05, 0) is 36.2 Å². The maximum atomic E-state index is 14.5. The van der Waals surface area contributed by atoms with Gasteiger partial charge in [-0.15, -0.1) is 0 Å². The van der Waals surface area contributed by atoms with Crippen molar-refractivity contribution >= 4 is 38.6 Å². The van der Waals surface area contributed by atoms with Gasteiger partial charge in [0.1, 0.15) is 23.1 Å². The molecule has 0 amide bonds. The van der Waals surface area contributed by atoms with Gasteiger partial charge in [-0.3, -0.25) is 0 Å². The van der Waals surface area contributed by atoms with Gasteiger partial charge in [0.25, 0.3) is 0 Å². The van der Waals surface area contributed by atoms with Gasteiger partial charge in [-0.25, -0.2) is 22.0 Å². The molecule has 0 saturated carbocycles. The van der Waals surface area contributed by atoms with Crippen molar-refractivity contribution in [3.05, 3.63) is 63.7 Å². The molecule has 2 aromatic rings. The van der Waals surface area contributed by atoms with Crippen LogP contribution in [-0.2, 0) is 19.4 Å². The Morgan fingerprint density at radius 2 is 1.81 bits per heavy atom. The second-order valence-electron chi connectivity index (χ2n) is 5.93. The molecule has 136 valence electrons. The fourth-order valence-electron chi connectivity index (χ4n) is 2.70. The monoisotopic (exact) mass is 398 g/mol. The molecule has 0 spiro atoms. The van der Waals surface area contributed by atoms with Gasteiger partial charge in [0.05, 0.1) is 5.57 Å². The number of ether oxygens (including phenoxy) is 1. The van der Waals surface area contributed by atoms with Gasteiger partial charge in [-0.1, -0.05) is 23.7 Å². The summed E-state index contributed by atoms with van der Waals surface area (Å²) in [4.78, 5) is 11.4. The van der Waals surface area contributed by atoms with E-state index >= 15 is 0 Å². The van der Waals surface area contributed by atoms with E-state index in [2.05, 4.69) is 0 Å². The average Bonchev–Trinajstić information content (AvgIpc) is 2.92. The fraction of sp³-hybridized carbons (Fsp3) is 0.167. The van der Waals surface area contributed by atoms with E-state index in [1.165, 1.54) is 6.07 Å². The molecule has 1 heterocycles. The average molecular weight is 399 g/mol. The molecule has 1 aliphatic rings. The number of halogens is 3. The summed E-state index contributed by atoms with van der Waals surface area (Å²) in [5, 5.41) is 0.410. The molecular weight excluding hydrogens is 386 g/mol. The van der Waals surface area contributed by atoms with Crippen molar-refractivity contribution in [1.82, 2.24) is 0 Å². The van der Waals surface area contributed by atoms with Crippen LogP contribution in [0.4, 0.5) is 8.78 Å². The van der Waals surface area contributed by atoms with E-state index in [0.29, 0.717) is 16.7 Å². The SMILES string of the molecule is Cc1ccc(C2=C(c3cc(F)c(S(C)(=O)=O)cc3F)COC2=O)cc1Cl. The number of sulfone groups is 1. The fourth-order valence-corrected chi connectivity index (χ4v) is 3.61. The Morgan fingerprint density at radius 3 is 2.42 bits per heavy atom. The third-order valence-corrected chi connectivity index (χ3v) is 5.58. The van der Waals surface area contributed by atoms with Gasteiger partial charge in [0, 0.05) is 22.4 Å². The number of carbonyl (C=O) groups excluding carboxylic acids is 1. The zero-order valence-electron chi connectivity index (χ0n) is 13.8. The molecule has 3 rings (SSSR count). The maximum Gasteiger partial charge on any atom is 0.339 e. The number of hydrogen-bond acceptors (Lipinski definition) is 4. The first kappa shape index (κ1) is 18.5. The van der Waals surface area contributed by atoms with Gasteiger partial charge < -0.3 is 4.74 Å². The van der Waals surface area contributed by atoms with Crippen LogP contribution in [0.2, 0.25) is 5.02 Å². The number of esters is 1. The predicted octanol–water partition coefficient (Wildman–Crippen LogP) is 3.80. The standard InChI is InChI=1S/C18H13ClF2O4S/c1-9-3-4-10(5-13(9)19)17-12(8-25-18(17)22)11-6-15(21)16(7-14(11)20)26(2,23)24/h3-7H,8H2,1-2H3. The lowest BCUT2D eigenvalue weighted by atomic mass is 9.95. The van der Waals surface area contributed by atoms with E-state index < -0.39 is 32.3 Å². The lowest BCUT2D eigenvalue weighted by Gasteiger charge is -2.09. The topological polar surface area (TPSA) is 60.4 Å². The molecule has 2 aromatic carbocycles. The first-order valence-electron chi connectivity index (χ1n) is 7.46. The number of hydrogen-bond donors (Lipinski definition) is 0. The lowest BCUT2D eigenvalue weighted by Crippen LogP contribution is -2.04. The molecule has 0 fully saturated rings. The highest BCUT2D eigenvalue weighted by molar-refractivity contribution is 7.90. The maximum absolute atomic E-state index is 14.5. The predicted molar refractivity (Wildman–Crippen MR) is 93.4 cm³/mol. The summed E-state index contributed by atoms with van der Waals surface area (Å²) in [6.45, 7) is 1.53. The van der Waals surface area contributed by atoms with Crippen LogP contribution in [-0.4, -0.2) is 27.2 Å². The summed E-state index contributed by atoms with van der Waals surface area (Å²) in [5.74, 6) is -2.75. The Morgan fingerprint density at radius 1 is 1.12 bits per heavy atom. The van der Waals surface area contributed by atoms with Crippen molar-refractivity contribution in [3.63, 3.8) is 0 Å². The van der Waals surface area contributed by atoms with Crippen LogP contribution in [0.3, 0.4) is 0 Å².